The highest BCUT2D eigenvalue weighted by atomic mass is 16.2. The third-order valence-electron chi connectivity index (χ3n) is 3.85. The number of amides is 1. The Hall–Kier alpha value is -2.43. The van der Waals surface area contributed by atoms with E-state index in [9.17, 15) is 4.79 Å². The van der Waals surface area contributed by atoms with Gasteiger partial charge in [-0.05, 0) is 37.0 Å². The zero-order valence-electron chi connectivity index (χ0n) is 12.7. The van der Waals surface area contributed by atoms with Crippen LogP contribution < -0.4 is 5.32 Å². The Bertz CT molecular complexity index is 644. The summed E-state index contributed by atoms with van der Waals surface area (Å²) in [6, 6.07) is 11.4. The van der Waals surface area contributed by atoms with Crippen LogP contribution in [0.1, 0.15) is 30.3 Å². The lowest BCUT2D eigenvalue weighted by Gasteiger charge is -2.30. The fourth-order valence-electron chi connectivity index (χ4n) is 2.72. The van der Waals surface area contributed by atoms with Gasteiger partial charge in [0.05, 0.1) is 0 Å². The Morgan fingerprint density at radius 3 is 2.86 bits per heavy atom. The van der Waals surface area contributed by atoms with Crippen molar-refractivity contribution < 1.29 is 4.79 Å². The summed E-state index contributed by atoms with van der Waals surface area (Å²) in [4.78, 5) is 23.0. The molecule has 5 heteroatoms. The molecule has 1 aliphatic rings. The van der Waals surface area contributed by atoms with Gasteiger partial charge in [-0.3, -0.25) is 4.79 Å². The first-order chi connectivity index (χ1) is 10.7. The Balaban J connectivity index is 1.74. The van der Waals surface area contributed by atoms with Crippen LogP contribution in [0, 0.1) is 5.92 Å². The minimum atomic E-state index is -0.00920. The smallest absolute Gasteiger partial charge is 0.272 e. The van der Waals surface area contributed by atoms with E-state index < -0.39 is 0 Å². The molecule has 0 aliphatic carbocycles. The van der Waals surface area contributed by atoms with Crippen molar-refractivity contribution in [3.63, 3.8) is 0 Å². The van der Waals surface area contributed by atoms with Crippen LogP contribution >= 0.6 is 0 Å². The van der Waals surface area contributed by atoms with Crippen molar-refractivity contribution >= 4 is 17.5 Å². The van der Waals surface area contributed by atoms with Crippen molar-refractivity contribution in [2.75, 3.05) is 18.4 Å². The van der Waals surface area contributed by atoms with Crippen molar-refractivity contribution in [2.45, 2.75) is 19.8 Å². The van der Waals surface area contributed by atoms with E-state index in [2.05, 4.69) is 22.2 Å². The van der Waals surface area contributed by atoms with Crippen LogP contribution in [0.25, 0.3) is 0 Å². The van der Waals surface area contributed by atoms with Gasteiger partial charge in [-0.1, -0.05) is 25.1 Å². The normalized spacial score (nSPS) is 18.0. The summed E-state index contributed by atoms with van der Waals surface area (Å²) in [5.41, 5.74) is 1.35. The molecule has 3 rings (SSSR count). The Kier molecular flexibility index (Phi) is 4.32. The number of hydrogen-bond acceptors (Lipinski definition) is 4. The lowest BCUT2D eigenvalue weighted by atomic mass is 10.00. The SMILES string of the molecule is CC1CCCN(C(=O)c2ccnc(Nc3ccccc3)n2)C1. The van der Waals surface area contributed by atoms with E-state index in [1.54, 1.807) is 12.3 Å². The highest BCUT2D eigenvalue weighted by Gasteiger charge is 2.23. The van der Waals surface area contributed by atoms with Crippen molar-refractivity contribution in [2.24, 2.45) is 5.92 Å². The van der Waals surface area contributed by atoms with Crippen LogP contribution in [0.3, 0.4) is 0 Å². The average molecular weight is 296 g/mol. The van der Waals surface area contributed by atoms with Gasteiger partial charge in [0, 0.05) is 25.0 Å². The zero-order valence-corrected chi connectivity index (χ0v) is 12.7. The van der Waals surface area contributed by atoms with E-state index in [4.69, 9.17) is 0 Å². The van der Waals surface area contributed by atoms with E-state index >= 15 is 0 Å². The van der Waals surface area contributed by atoms with E-state index in [-0.39, 0.29) is 5.91 Å². The average Bonchev–Trinajstić information content (AvgIpc) is 2.55. The molecular formula is C17H20N4O. The molecule has 1 aliphatic heterocycles. The molecule has 2 aromatic rings. The summed E-state index contributed by atoms with van der Waals surface area (Å²) in [5, 5.41) is 3.12. The lowest BCUT2D eigenvalue weighted by molar-refractivity contribution is 0.0677. The van der Waals surface area contributed by atoms with Gasteiger partial charge < -0.3 is 10.2 Å². The first-order valence-corrected chi connectivity index (χ1v) is 7.67. The Labute approximate surface area is 130 Å². The standard InChI is InChI=1S/C17H20N4O/c1-13-6-5-11-21(12-13)16(22)15-9-10-18-17(20-15)19-14-7-3-2-4-8-14/h2-4,7-10,13H,5-6,11-12H2,1H3,(H,18,19,20). The topological polar surface area (TPSA) is 58.1 Å². The van der Waals surface area contributed by atoms with E-state index in [0.717, 1.165) is 25.2 Å². The summed E-state index contributed by atoms with van der Waals surface area (Å²) in [6.45, 7) is 3.81. The molecule has 1 amide bonds. The van der Waals surface area contributed by atoms with E-state index in [1.165, 1.54) is 6.42 Å². The van der Waals surface area contributed by atoms with Crippen molar-refractivity contribution in [1.29, 1.82) is 0 Å². The Morgan fingerprint density at radius 1 is 1.27 bits per heavy atom. The fraction of sp³-hybridized carbons (Fsp3) is 0.353. The van der Waals surface area contributed by atoms with Crippen molar-refractivity contribution in [3.05, 3.63) is 48.3 Å². The van der Waals surface area contributed by atoms with Crippen molar-refractivity contribution in [3.8, 4) is 0 Å². The highest BCUT2D eigenvalue weighted by Crippen LogP contribution is 2.18. The van der Waals surface area contributed by atoms with E-state index in [1.807, 2.05) is 35.2 Å². The first kappa shape index (κ1) is 14.5. The van der Waals surface area contributed by atoms with Gasteiger partial charge >= 0.3 is 0 Å². The van der Waals surface area contributed by atoms with Gasteiger partial charge in [0.1, 0.15) is 5.69 Å². The number of anilines is 2. The minimum Gasteiger partial charge on any atom is -0.337 e. The Morgan fingerprint density at radius 2 is 2.09 bits per heavy atom. The number of para-hydroxylation sites is 1. The summed E-state index contributed by atoms with van der Waals surface area (Å²) in [7, 11) is 0. The predicted molar refractivity (Wildman–Crippen MR) is 86.1 cm³/mol. The van der Waals surface area contributed by atoms with Gasteiger partial charge in [-0.2, -0.15) is 0 Å². The maximum atomic E-state index is 12.6. The molecule has 1 saturated heterocycles. The second kappa shape index (κ2) is 6.56. The maximum absolute atomic E-state index is 12.6. The third kappa shape index (κ3) is 3.42. The molecule has 0 bridgehead atoms. The molecule has 1 unspecified atom stereocenters. The molecule has 114 valence electrons. The summed E-state index contributed by atoms with van der Waals surface area (Å²) >= 11 is 0. The van der Waals surface area contributed by atoms with Crippen molar-refractivity contribution in [1.82, 2.24) is 14.9 Å². The number of nitrogens with zero attached hydrogens (tertiary/aromatic N) is 3. The number of likely N-dealkylation sites (tertiary alicyclic amines) is 1. The van der Waals surface area contributed by atoms with Gasteiger partial charge in [0.15, 0.2) is 0 Å². The van der Waals surface area contributed by atoms with Gasteiger partial charge in [0.25, 0.3) is 5.91 Å². The molecule has 1 aromatic heterocycles. The molecule has 0 radical (unpaired) electrons. The molecule has 0 saturated carbocycles. The number of hydrogen-bond donors (Lipinski definition) is 1. The molecule has 1 N–H and O–H groups in total. The lowest BCUT2D eigenvalue weighted by Crippen LogP contribution is -2.39. The quantitative estimate of drug-likeness (QED) is 0.945. The predicted octanol–water partition coefficient (Wildman–Crippen LogP) is 3.09. The number of nitrogens with one attached hydrogen (secondary N) is 1. The van der Waals surface area contributed by atoms with Crippen LogP contribution in [-0.2, 0) is 0 Å². The molecule has 1 aromatic carbocycles. The number of carbonyl (C=O) groups is 1. The molecule has 22 heavy (non-hydrogen) atoms. The summed E-state index contributed by atoms with van der Waals surface area (Å²) in [5.74, 6) is 0.994. The molecule has 1 atom stereocenters. The van der Waals surface area contributed by atoms with Gasteiger partial charge in [-0.25, -0.2) is 9.97 Å². The molecule has 2 heterocycles. The van der Waals surface area contributed by atoms with Gasteiger partial charge in [0.2, 0.25) is 5.95 Å². The van der Waals surface area contributed by atoms with Crippen LogP contribution in [-0.4, -0.2) is 33.9 Å². The number of benzene rings is 1. The number of aromatic nitrogens is 2. The first-order valence-electron chi connectivity index (χ1n) is 7.67. The largest absolute Gasteiger partial charge is 0.337 e. The monoisotopic (exact) mass is 296 g/mol. The highest BCUT2D eigenvalue weighted by molar-refractivity contribution is 5.92. The molecule has 5 nitrogen and oxygen atoms in total. The second-order valence-corrected chi connectivity index (χ2v) is 5.76. The van der Waals surface area contributed by atoms with Crippen LogP contribution in [0.2, 0.25) is 0 Å². The fourth-order valence-corrected chi connectivity index (χ4v) is 2.72. The summed E-state index contributed by atoms with van der Waals surface area (Å²) in [6.07, 6.45) is 3.88. The molecular weight excluding hydrogens is 276 g/mol. The summed E-state index contributed by atoms with van der Waals surface area (Å²) < 4.78 is 0. The van der Waals surface area contributed by atoms with Crippen LogP contribution in [0.5, 0.6) is 0 Å². The number of carbonyl (C=O) groups excluding carboxylic acids is 1. The molecule has 1 fully saturated rings. The third-order valence-corrected chi connectivity index (χ3v) is 3.85. The second-order valence-electron chi connectivity index (χ2n) is 5.76. The zero-order chi connectivity index (χ0) is 15.4. The maximum Gasteiger partial charge on any atom is 0.272 e. The minimum absolute atomic E-state index is 0.00920. The van der Waals surface area contributed by atoms with Gasteiger partial charge in [-0.15, -0.1) is 0 Å². The number of piperidine rings is 1. The van der Waals surface area contributed by atoms with Crippen LogP contribution in [0.4, 0.5) is 11.6 Å². The molecule has 0 spiro atoms. The number of rotatable bonds is 3. The van der Waals surface area contributed by atoms with Crippen LogP contribution in [0.15, 0.2) is 42.6 Å². The van der Waals surface area contributed by atoms with E-state index in [0.29, 0.717) is 17.6 Å².